The highest BCUT2D eigenvalue weighted by Crippen LogP contribution is 2.25. The first-order valence-electron chi connectivity index (χ1n) is 5.56. The van der Waals surface area contributed by atoms with Crippen LogP contribution in [0.1, 0.15) is 24.1 Å². The van der Waals surface area contributed by atoms with Gasteiger partial charge in [0.05, 0.1) is 7.11 Å². The van der Waals surface area contributed by atoms with Crippen molar-refractivity contribution in [3.63, 3.8) is 0 Å². The van der Waals surface area contributed by atoms with Crippen molar-refractivity contribution in [2.24, 2.45) is 0 Å². The lowest BCUT2D eigenvalue weighted by molar-refractivity contribution is 0.402. The molecule has 1 atom stereocenters. The maximum absolute atomic E-state index is 5.41. The molecule has 0 bridgehead atoms. The maximum atomic E-state index is 5.41. The monoisotopic (exact) mass is 239 g/mol. The van der Waals surface area contributed by atoms with Crippen LogP contribution in [0.5, 0.6) is 5.75 Å². The summed E-state index contributed by atoms with van der Waals surface area (Å²) in [5, 5.41) is 3.49. The molecule has 16 heavy (non-hydrogen) atoms. The molecule has 0 amide bonds. The number of benzene rings is 1. The molecule has 0 aliphatic rings. The third kappa shape index (κ3) is 3.72. The highest BCUT2D eigenvalue weighted by atomic mass is 32.2. The molecule has 1 unspecified atom stereocenters. The van der Waals surface area contributed by atoms with Crippen molar-refractivity contribution < 1.29 is 4.74 Å². The van der Waals surface area contributed by atoms with Crippen LogP contribution in [0.2, 0.25) is 0 Å². The highest BCUT2D eigenvalue weighted by Gasteiger charge is 2.10. The summed E-state index contributed by atoms with van der Waals surface area (Å²) in [6.07, 6.45) is 2.12. The molecule has 3 heteroatoms. The second kappa shape index (κ2) is 6.81. The van der Waals surface area contributed by atoms with Gasteiger partial charge in [-0.05, 0) is 31.7 Å². The molecule has 1 N–H and O–H groups in total. The van der Waals surface area contributed by atoms with Crippen molar-refractivity contribution >= 4 is 11.8 Å². The van der Waals surface area contributed by atoms with Gasteiger partial charge in [0.1, 0.15) is 5.75 Å². The quantitative estimate of drug-likeness (QED) is 0.771. The first kappa shape index (κ1) is 13.4. The van der Waals surface area contributed by atoms with E-state index in [4.69, 9.17) is 4.74 Å². The number of thioether (sulfide) groups is 1. The average molecular weight is 239 g/mol. The topological polar surface area (TPSA) is 21.3 Å². The van der Waals surface area contributed by atoms with Gasteiger partial charge in [0, 0.05) is 23.9 Å². The van der Waals surface area contributed by atoms with Gasteiger partial charge in [-0.3, -0.25) is 0 Å². The molecule has 0 fully saturated rings. The molecule has 0 saturated carbocycles. The van der Waals surface area contributed by atoms with Crippen LogP contribution >= 0.6 is 11.8 Å². The van der Waals surface area contributed by atoms with Crippen LogP contribution in [0.3, 0.4) is 0 Å². The first-order valence-corrected chi connectivity index (χ1v) is 6.95. The highest BCUT2D eigenvalue weighted by molar-refractivity contribution is 7.98. The van der Waals surface area contributed by atoms with E-state index in [1.807, 2.05) is 11.8 Å². The van der Waals surface area contributed by atoms with E-state index >= 15 is 0 Å². The molecule has 0 aromatic heterocycles. The predicted octanol–water partition coefficient (Wildman–Crippen LogP) is 3.02. The lowest BCUT2D eigenvalue weighted by Crippen LogP contribution is -2.21. The molecule has 1 rings (SSSR count). The Morgan fingerprint density at radius 2 is 2.19 bits per heavy atom. The molecule has 1 aromatic rings. The Balaban J connectivity index is 2.70. The Morgan fingerprint density at radius 1 is 1.44 bits per heavy atom. The van der Waals surface area contributed by atoms with Crippen LogP contribution in [0.25, 0.3) is 0 Å². The zero-order chi connectivity index (χ0) is 12.0. The van der Waals surface area contributed by atoms with E-state index in [-0.39, 0.29) is 0 Å². The summed E-state index contributed by atoms with van der Waals surface area (Å²) in [5.74, 6) is 2.11. The summed E-state index contributed by atoms with van der Waals surface area (Å²) in [4.78, 5) is 0. The number of aryl methyl sites for hydroxylation is 1. The van der Waals surface area contributed by atoms with Crippen LogP contribution in [-0.2, 0) is 0 Å². The van der Waals surface area contributed by atoms with E-state index in [0.29, 0.717) is 6.04 Å². The van der Waals surface area contributed by atoms with E-state index in [2.05, 4.69) is 43.6 Å². The fourth-order valence-electron chi connectivity index (χ4n) is 1.66. The average Bonchev–Trinajstić information content (AvgIpc) is 2.29. The second-order valence-corrected chi connectivity index (χ2v) is 4.90. The molecule has 0 saturated heterocycles. The van der Waals surface area contributed by atoms with Crippen molar-refractivity contribution in [2.75, 3.05) is 25.7 Å². The molecule has 1 aromatic carbocycles. The minimum Gasteiger partial charge on any atom is -0.496 e. The SMILES string of the molecule is COc1cc(C)ccc1C(C)NCCSC. The molecular formula is C13H21NOS. The maximum Gasteiger partial charge on any atom is 0.123 e. The van der Waals surface area contributed by atoms with Gasteiger partial charge in [0.2, 0.25) is 0 Å². The van der Waals surface area contributed by atoms with Crippen molar-refractivity contribution in [1.82, 2.24) is 5.32 Å². The summed E-state index contributed by atoms with van der Waals surface area (Å²) >= 11 is 1.86. The summed E-state index contributed by atoms with van der Waals surface area (Å²) in [6.45, 7) is 5.28. The summed E-state index contributed by atoms with van der Waals surface area (Å²) in [5.41, 5.74) is 2.46. The van der Waals surface area contributed by atoms with E-state index in [1.54, 1.807) is 7.11 Å². The van der Waals surface area contributed by atoms with Gasteiger partial charge >= 0.3 is 0 Å². The van der Waals surface area contributed by atoms with E-state index in [0.717, 1.165) is 18.0 Å². The predicted molar refractivity (Wildman–Crippen MR) is 72.5 cm³/mol. The Hall–Kier alpha value is -0.670. The van der Waals surface area contributed by atoms with Crippen LogP contribution < -0.4 is 10.1 Å². The van der Waals surface area contributed by atoms with E-state index in [9.17, 15) is 0 Å². The van der Waals surface area contributed by atoms with Crippen molar-refractivity contribution in [3.05, 3.63) is 29.3 Å². The minimum atomic E-state index is 0.336. The van der Waals surface area contributed by atoms with Crippen LogP contribution in [0, 0.1) is 6.92 Å². The fraction of sp³-hybridized carbons (Fsp3) is 0.538. The standard InChI is InChI=1S/C13H21NOS/c1-10-5-6-12(13(9-10)15-3)11(2)14-7-8-16-4/h5-6,9,11,14H,7-8H2,1-4H3. The Bertz CT molecular complexity index is 328. The van der Waals surface area contributed by atoms with Crippen molar-refractivity contribution in [2.45, 2.75) is 19.9 Å². The summed E-state index contributed by atoms with van der Waals surface area (Å²) in [6, 6.07) is 6.69. The molecular weight excluding hydrogens is 218 g/mol. The minimum absolute atomic E-state index is 0.336. The van der Waals surface area contributed by atoms with E-state index in [1.165, 1.54) is 11.1 Å². The molecule has 0 radical (unpaired) electrons. The van der Waals surface area contributed by atoms with Gasteiger partial charge in [0.15, 0.2) is 0 Å². The second-order valence-electron chi connectivity index (χ2n) is 3.91. The molecule has 90 valence electrons. The van der Waals surface area contributed by atoms with E-state index < -0.39 is 0 Å². The number of hydrogen-bond donors (Lipinski definition) is 1. The van der Waals surface area contributed by atoms with Gasteiger partial charge in [-0.15, -0.1) is 0 Å². The third-order valence-electron chi connectivity index (χ3n) is 2.61. The Kier molecular flexibility index (Phi) is 5.71. The van der Waals surface area contributed by atoms with Gasteiger partial charge in [-0.1, -0.05) is 12.1 Å². The number of rotatable bonds is 6. The molecule has 0 aliphatic heterocycles. The number of ether oxygens (including phenoxy) is 1. The zero-order valence-electron chi connectivity index (χ0n) is 10.5. The third-order valence-corrected chi connectivity index (χ3v) is 3.22. The van der Waals surface area contributed by atoms with Crippen LogP contribution in [-0.4, -0.2) is 25.7 Å². The number of methoxy groups -OCH3 is 1. The van der Waals surface area contributed by atoms with Crippen LogP contribution in [0.4, 0.5) is 0 Å². The van der Waals surface area contributed by atoms with Crippen LogP contribution in [0.15, 0.2) is 18.2 Å². The first-order chi connectivity index (χ1) is 7.69. The fourth-order valence-corrected chi connectivity index (χ4v) is 1.99. The zero-order valence-corrected chi connectivity index (χ0v) is 11.4. The number of hydrogen-bond acceptors (Lipinski definition) is 3. The molecule has 2 nitrogen and oxygen atoms in total. The molecule has 0 aliphatic carbocycles. The molecule has 0 heterocycles. The van der Waals surface area contributed by atoms with Crippen molar-refractivity contribution in [3.8, 4) is 5.75 Å². The summed E-state index contributed by atoms with van der Waals surface area (Å²) in [7, 11) is 1.73. The van der Waals surface area contributed by atoms with Crippen molar-refractivity contribution in [1.29, 1.82) is 0 Å². The Morgan fingerprint density at radius 3 is 2.81 bits per heavy atom. The van der Waals surface area contributed by atoms with Gasteiger partial charge < -0.3 is 10.1 Å². The summed E-state index contributed by atoms with van der Waals surface area (Å²) < 4.78 is 5.41. The van der Waals surface area contributed by atoms with Gasteiger partial charge in [0.25, 0.3) is 0 Å². The molecule has 0 spiro atoms. The van der Waals surface area contributed by atoms with Gasteiger partial charge in [-0.25, -0.2) is 0 Å². The van der Waals surface area contributed by atoms with Gasteiger partial charge in [-0.2, -0.15) is 11.8 Å². The lowest BCUT2D eigenvalue weighted by Gasteiger charge is -2.17. The Labute approximate surface area is 103 Å². The lowest BCUT2D eigenvalue weighted by atomic mass is 10.1. The normalized spacial score (nSPS) is 12.5. The smallest absolute Gasteiger partial charge is 0.123 e. The number of nitrogens with one attached hydrogen (secondary N) is 1. The largest absolute Gasteiger partial charge is 0.496 e.